The monoisotopic (exact) mass is 336 g/mol. The molecule has 2 rings (SSSR count). The molecule has 2 saturated heterocycles. The molecule has 0 saturated carbocycles. The van der Waals surface area contributed by atoms with E-state index in [0.717, 1.165) is 6.26 Å². The first kappa shape index (κ1) is 16.4. The lowest BCUT2D eigenvalue weighted by Crippen LogP contribution is -2.56. The summed E-state index contributed by atoms with van der Waals surface area (Å²) in [7, 11) is -3.39. The van der Waals surface area contributed by atoms with E-state index < -0.39 is 33.3 Å². The first-order chi connectivity index (χ1) is 9.73. The van der Waals surface area contributed by atoms with Crippen LogP contribution in [-0.4, -0.2) is 77.6 Å². The highest BCUT2D eigenvalue weighted by atomic mass is 32.2. The Labute approximate surface area is 128 Å². The van der Waals surface area contributed by atoms with Gasteiger partial charge in [0.15, 0.2) is 9.84 Å². The van der Waals surface area contributed by atoms with Gasteiger partial charge in [0.2, 0.25) is 0 Å². The topological polar surface area (TPSA) is 95.0 Å². The molecule has 0 aromatic rings. The van der Waals surface area contributed by atoms with Gasteiger partial charge in [-0.15, -0.1) is 0 Å². The Morgan fingerprint density at radius 2 is 1.90 bits per heavy atom. The molecule has 2 amide bonds. The average molecular weight is 336 g/mol. The van der Waals surface area contributed by atoms with Crippen molar-refractivity contribution >= 4 is 33.6 Å². The lowest BCUT2D eigenvalue weighted by molar-refractivity contribution is -0.142. The summed E-state index contributed by atoms with van der Waals surface area (Å²) in [6.07, 6.45) is 1.74. The summed E-state index contributed by atoms with van der Waals surface area (Å²) >= 11 is 1.49. The summed E-state index contributed by atoms with van der Waals surface area (Å²) in [5.41, 5.74) is 0. The van der Waals surface area contributed by atoms with Crippen molar-refractivity contribution in [1.29, 1.82) is 0 Å². The molecule has 0 aromatic heterocycles. The molecule has 2 heterocycles. The van der Waals surface area contributed by atoms with Gasteiger partial charge < -0.3 is 14.9 Å². The van der Waals surface area contributed by atoms with Crippen LogP contribution in [0.5, 0.6) is 0 Å². The van der Waals surface area contributed by atoms with Gasteiger partial charge in [-0.1, -0.05) is 6.92 Å². The second-order valence-electron chi connectivity index (χ2n) is 5.58. The first-order valence-corrected chi connectivity index (χ1v) is 9.91. The van der Waals surface area contributed by atoms with E-state index in [0.29, 0.717) is 31.0 Å². The molecule has 3 unspecified atom stereocenters. The highest BCUT2D eigenvalue weighted by Crippen LogP contribution is 2.28. The molecule has 0 aliphatic carbocycles. The summed E-state index contributed by atoms with van der Waals surface area (Å²) in [4.78, 5) is 26.6. The number of carbonyl (C=O) groups excluding carboxylic acids is 1. The third-order valence-electron chi connectivity index (χ3n) is 4.02. The Hall–Kier alpha value is -0.960. The molecule has 120 valence electrons. The standard InChI is InChI=1S/C12H20N2O5S2/c1-8-3-4-14(10(8)11(15)16)12(17)13-5-6-20-7-9(13)21(2,18)19/h8-10H,3-7H2,1-2H3,(H,15,16). The smallest absolute Gasteiger partial charge is 0.326 e. The second-order valence-corrected chi connectivity index (χ2v) is 8.93. The molecule has 0 radical (unpaired) electrons. The number of nitrogens with zero attached hydrogens (tertiary/aromatic N) is 2. The zero-order valence-electron chi connectivity index (χ0n) is 12.1. The van der Waals surface area contributed by atoms with Gasteiger partial charge >= 0.3 is 12.0 Å². The number of rotatable bonds is 2. The third-order valence-corrected chi connectivity index (χ3v) is 6.67. The highest BCUT2D eigenvalue weighted by Gasteiger charge is 2.44. The van der Waals surface area contributed by atoms with Crippen LogP contribution in [0.2, 0.25) is 0 Å². The lowest BCUT2D eigenvalue weighted by Gasteiger charge is -2.37. The van der Waals surface area contributed by atoms with Crippen molar-refractivity contribution in [3.8, 4) is 0 Å². The van der Waals surface area contributed by atoms with Crippen LogP contribution in [0.15, 0.2) is 0 Å². The van der Waals surface area contributed by atoms with Crippen LogP contribution in [-0.2, 0) is 14.6 Å². The molecule has 9 heteroatoms. The SMILES string of the molecule is CC1CCN(C(=O)N2CCSCC2S(C)(=O)=O)C1C(=O)O. The molecule has 0 bridgehead atoms. The number of urea groups is 1. The Morgan fingerprint density at radius 1 is 1.24 bits per heavy atom. The van der Waals surface area contributed by atoms with Crippen LogP contribution >= 0.6 is 11.8 Å². The van der Waals surface area contributed by atoms with Crippen LogP contribution in [0.3, 0.4) is 0 Å². The summed E-state index contributed by atoms with van der Waals surface area (Å²) in [6.45, 7) is 2.49. The predicted octanol–water partition coefficient (Wildman–Crippen LogP) is 0.321. The molecule has 1 N–H and O–H groups in total. The van der Waals surface area contributed by atoms with Gasteiger partial charge in [0.1, 0.15) is 11.4 Å². The normalized spacial score (nSPS) is 30.5. The number of hydrogen-bond donors (Lipinski definition) is 1. The molecule has 2 fully saturated rings. The average Bonchev–Trinajstić information content (AvgIpc) is 2.79. The summed E-state index contributed by atoms with van der Waals surface area (Å²) < 4.78 is 23.7. The van der Waals surface area contributed by atoms with E-state index in [4.69, 9.17) is 0 Å². The number of hydrogen-bond acceptors (Lipinski definition) is 5. The molecule has 21 heavy (non-hydrogen) atoms. The quantitative estimate of drug-likeness (QED) is 0.780. The fourth-order valence-corrected chi connectivity index (χ4v) is 5.67. The number of aliphatic carboxylic acids is 1. The summed E-state index contributed by atoms with van der Waals surface area (Å²) in [6, 6.07) is -1.34. The fraction of sp³-hybridized carbons (Fsp3) is 0.833. The zero-order chi connectivity index (χ0) is 15.8. The molecule has 2 aliphatic rings. The van der Waals surface area contributed by atoms with Gasteiger partial charge in [-0.3, -0.25) is 0 Å². The van der Waals surface area contributed by atoms with Crippen molar-refractivity contribution in [2.24, 2.45) is 5.92 Å². The van der Waals surface area contributed by atoms with Crippen molar-refractivity contribution in [2.75, 3.05) is 30.9 Å². The molecule has 7 nitrogen and oxygen atoms in total. The largest absolute Gasteiger partial charge is 0.480 e. The summed E-state index contributed by atoms with van der Waals surface area (Å²) in [5.74, 6) is -0.150. The summed E-state index contributed by atoms with van der Waals surface area (Å²) in [5, 5.41) is 8.43. The van der Waals surface area contributed by atoms with Crippen molar-refractivity contribution in [3.05, 3.63) is 0 Å². The van der Waals surface area contributed by atoms with E-state index in [1.165, 1.54) is 21.6 Å². The van der Waals surface area contributed by atoms with Crippen LogP contribution in [0.1, 0.15) is 13.3 Å². The molecular weight excluding hydrogens is 316 g/mol. The number of sulfone groups is 1. The molecule has 3 atom stereocenters. The van der Waals surface area contributed by atoms with Crippen LogP contribution in [0.25, 0.3) is 0 Å². The number of thioether (sulfide) groups is 1. The van der Waals surface area contributed by atoms with Gasteiger partial charge in [0.05, 0.1) is 0 Å². The van der Waals surface area contributed by atoms with E-state index >= 15 is 0 Å². The van der Waals surface area contributed by atoms with E-state index in [1.54, 1.807) is 6.92 Å². The van der Waals surface area contributed by atoms with Crippen molar-refractivity contribution in [2.45, 2.75) is 24.8 Å². The van der Waals surface area contributed by atoms with E-state index in [-0.39, 0.29) is 5.92 Å². The molecule has 2 aliphatic heterocycles. The minimum absolute atomic E-state index is 0.123. The van der Waals surface area contributed by atoms with Gasteiger partial charge in [0, 0.05) is 30.9 Å². The molecular formula is C12H20N2O5S2. The van der Waals surface area contributed by atoms with Crippen molar-refractivity contribution in [1.82, 2.24) is 9.80 Å². The third kappa shape index (κ3) is 3.28. The van der Waals surface area contributed by atoms with Crippen molar-refractivity contribution < 1.29 is 23.1 Å². The maximum absolute atomic E-state index is 12.6. The number of carboxylic acids is 1. The number of likely N-dealkylation sites (tertiary alicyclic amines) is 1. The molecule has 0 aromatic carbocycles. The first-order valence-electron chi connectivity index (χ1n) is 6.80. The minimum atomic E-state index is -3.39. The second kappa shape index (κ2) is 6.04. The number of amides is 2. The van der Waals surface area contributed by atoms with Gasteiger partial charge in [-0.05, 0) is 12.3 Å². The maximum Gasteiger partial charge on any atom is 0.326 e. The Bertz CT molecular complexity index is 536. The maximum atomic E-state index is 12.6. The Kier molecular flexibility index (Phi) is 4.72. The predicted molar refractivity (Wildman–Crippen MR) is 80.0 cm³/mol. The van der Waals surface area contributed by atoms with Crippen LogP contribution < -0.4 is 0 Å². The molecule has 0 spiro atoms. The van der Waals surface area contributed by atoms with Crippen LogP contribution in [0.4, 0.5) is 4.79 Å². The highest BCUT2D eigenvalue weighted by molar-refractivity contribution is 8.00. The lowest BCUT2D eigenvalue weighted by atomic mass is 10.0. The van der Waals surface area contributed by atoms with E-state index in [9.17, 15) is 23.1 Å². The minimum Gasteiger partial charge on any atom is -0.480 e. The van der Waals surface area contributed by atoms with Crippen LogP contribution in [0, 0.1) is 5.92 Å². The zero-order valence-corrected chi connectivity index (χ0v) is 13.7. The van der Waals surface area contributed by atoms with E-state index in [2.05, 4.69) is 0 Å². The van der Waals surface area contributed by atoms with Crippen molar-refractivity contribution in [3.63, 3.8) is 0 Å². The fourth-order valence-electron chi connectivity index (χ4n) is 2.86. The van der Waals surface area contributed by atoms with Gasteiger partial charge in [-0.25, -0.2) is 18.0 Å². The Morgan fingerprint density at radius 3 is 2.48 bits per heavy atom. The number of carboxylic acid groups (broad SMARTS) is 1. The Balaban J connectivity index is 2.23. The van der Waals surface area contributed by atoms with Gasteiger partial charge in [0.25, 0.3) is 0 Å². The van der Waals surface area contributed by atoms with Gasteiger partial charge in [-0.2, -0.15) is 11.8 Å². The number of carbonyl (C=O) groups is 2. The van der Waals surface area contributed by atoms with E-state index in [1.807, 2.05) is 0 Å².